The maximum absolute atomic E-state index is 5.39. The molecule has 6 heteroatoms. The molecule has 2 rings (SSSR count). The van der Waals surface area contributed by atoms with E-state index in [4.69, 9.17) is 5.84 Å². The summed E-state index contributed by atoms with van der Waals surface area (Å²) in [6, 6.07) is 12.2. The molecule has 0 bridgehead atoms. The van der Waals surface area contributed by atoms with Gasteiger partial charge in [0, 0.05) is 11.8 Å². The number of nitrogens with two attached hydrogens (primary N) is 1. The van der Waals surface area contributed by atoms with Crippen LogP contribution in [-0.2, 0) is 5.75 Å². The Balaban J connectivity index is 2.09. The standard InChI is InChI=1S/C12H14N4S2/c1-17-12-14-10(16-13)7-11(15-12)18-8-9-5-3-2-4-6-9/h2-7H,8,13H2,1H3,(H,14,15,16). The topological polar surface area (TPSA) is 63.8 Å². The molecular formula is C12H14N4S2. The van der Waals surface area contributed by atoms with Crippen molar-refractivity contribution in [2.75, 3.05) is 11.7 Å². The number of anilines is 1. The largest absolute Gasteiger partial charge is 0.308 e. The van der Waals surface area contributed by atoms with Gasteiger partial charge in [0.25, 0.3) is 0 Å². The van der Waals surface area contributed by atoms with E-state index < -0.39 is 0 Å². The van der Waals surface area contributed by atoms with E-state index in [0.717, 1.165) is 15.9 Å². The summed E-state index contributed by atoms with van der Waals surface area (Å²) in [7, 11) is 0. The van der Waals surface area contributed by atoms with Crippen molar-refractivity contribution in [3.63, 3.8) is 0 Å². The smallest absolute Gasteiger partial charge is 0.190 e. The van der Waals surface area contributed by atoms with Gasteiger partial charge in [0.1, 0.15) is 10.8 Å². The average molecular weight is 278 g/mol. The molecule has 0 aliphatic carbocycles. The van der Waals surface area contributed by atoms with E-state index >= 15 is 0 Å². The molecule has 2 aromatic rings. The molecule has 4 nitrogen and oxygen atoms in total. The van der Waals surface area contributed by atoms with Crippen molar-refractivity contribution in [1.82, 2.24) is 9.97 Å². The van der Waals surface area contributed by atoms with Gasteiger partial charge in [-0.05, 0) is 11.8 Å². The Morgan fingerprint density at radius 1 is 1.22 bits per heavy atom. The minimum Gasteiger partial charge on any atom is -0.308 e. The highest BCUT2D eigenvalue weighted by atomic mass is 32.2. The van der Waals surface area contributed by atoms with E-state index in [1.165, 1.54) is 17.3 Å². The Bertz CT molecular complexity index is 482. The molecule has 1 aromatic carbocycles. The first-order valence-electron chi connectivity index (χ1n) is 5.38. The van der Waals surface area contributed by atoms with E-state index in [1.807, 2.05) is 30.5 Å². The lowest BCUT2D eigenvalue weighted by Crippen LogP contribution is -2.09. The van der Waals surface area contributed by atoms with Crippen LogP contribution in [0.4, 0.5) is 5.82 Å². The first-order valence-corrected chi connectivity index (χ1v) is 7.59. The van der Waals surface area contributed by atoms with Crippen LogP contribution >= 0.6 is 23.5 Å². The van der Waals surface area contributed by atoms with Gasteiger partial charge in [-0.15, -0.1) is 11.8 Å². The fourth-order valence-corrected chi connectivity index (χ4v) is 2.66. The molecule has 0 radical (unpaired) electrons. The van der Waals surface area contributed by atoms with Crippen molar-refractivity contribution in [1.29, 1.82) is 0 Å². The molecule has 0 aliphatic rings. The molecule has 18 heavy (non-hydrogen) atoms. The van der Waals surface area contributed by atoms with Gasteiger partial charge in [-0.25, -0.2) is 15.8 Å². The third-order valence-corrected chi connectivity index (χ3v) is 3.77. The molecular weight excluding hydrogens is 264 g/mol. The number of hydrazine groups is 1. The number of rotatable bonds is 5. The highest BCUT2D eigenvalue weighted by Crippen LogP contribution is 2.24. The van der Waals surface area contributed by atoms with Crippen molar-refractivity contribution < 1.29 is 0 Å². The zero-order valence-corrected chi connectivity index (χ0v) is 11.6. The lowest BCUT2D eigenvalue weighted by molar-refractivity contribution is 0.893. The van der Waals surface area contributed by atoms with Crippen LogP contribution in [0, 0.1) is 0 Å². The SMILES string of the molecule is CSc1nc(NN)cc(SCc2ccccc2)n1. The highest BCUT2D eigenvalue weighted by Gasteiger charge is 2.04. The molecule has 0 unspecified atom stereocenters. The van der Waals surface area contributed by atoms with E-state index in [9.17, 15) is 0 Å². The van der Waals surface area contributed by atoms with Crippen LogP contribution in [0.25, 0.3) is 0 Å². The second kappa shape index (κ2) is 6.63. The molecule has 0 aliphatic heterocycles. The van der Waals surface area contributed by atoms with Gasteiger partial charge < -0.3 is 5.43 Å². The van der Waals surface area contributed by atoms with Gasteiger partial charge in [-0.3, -0.25) is 0 Å². The normalized spacial score (nSPS) is 10.3. The summed E-state index contributed by atoms with van der Waals surface area (Å²) in [6.45, 7) is 0. The molecule has 0 spiro atoms. The fraction of sp³-hybridized carbons (Fsp3) is 0.167. The Morgan fingerprint density at radius 2 is 2.00 bits per heavy atom. The number of hydrogen-bond acceptors (Lipinski definition) is 6. The van der Waals surface area contributed by atoms with Crippen molar-refractivity contribution in [2.24, 2.45) is 5.84 Å². The number of nitrogens with one attached hydrogen (secondary N) is 1. The molecule has 0 saturated carbocycles. The summed E-state index contributed by atoms with van der Waals surface area (Å²) < 4.78 is 0. The average Bonchev–Trinajstić information content (AvgIpc) is 2.45. The molecule has 0 amide bonds. The predicted molar refractivity (Wildman–Crippen MR) is 77.6 cm³/mol. The number of hydrogen-bond donors (Lipinski definition) is 2. The van der Waals surface area contributed by atoms with Crippen LogP contribution in [0.1, 0.15) is 5.56 Å². The summed E-state index contributed by atoms with van der Waals surface area (Å²) in [5, 5.41) is 1.65. The van der Waals surface area contributed by atoms with E-state index in [-0.39, 0.29) is 0 Å². The van der Waals surface area contributed by atoms with Crippen molar-refractivity contribution in [3.05, 3.63) is 42.0 Å². The number of benzene rings is 1. The van der Waals surface area contributed by atoms with Crippen LogP contribution in [0.15, 0.2) is 46.6 Å². The zero-order valence-electron chi connectivity index (χ0n) is 9.96. The van der Waals surface area contributed by atoms with Gasteiger partial charge in [-0.2, -0.15) is 0 Å². The molecule has 3 N–H and O–H groups in total. The zero-order chi connectivity index (χ0) is 12.8. The molecule has 0 atom stereocenters. The third-order valence-electron chi connectivity index (χ3n) is 2.24. The fourth-order valence-electron chi connectivity index (χ4n) is 1.37. The quantitative estimate of drug-likeness (QED) is 0.288. The maximum atomic E-state index is 5.39. The lowest BCUT2D eigenvalue weighted by Gasteiger charge is -2.06. The second-order valence-electron chi connectivity index (χ2n) is 3.50. The predicted octanol–water partition coefficient (Wildman–Crippen LogP) is 2.78. The third kappa shape index (κ3) is 3.63. The van der Waals surface area contributed by atoms with Crippen LogP contribution in [0.2, 0.25) is 0 Å². The van der Waals surface area contributed by atoms with E-state index in [2.05, 4.69) is 27.5 Å². The number of nitrogen functional groups attached to an aromatic ring is 1. The van der Waals surface area contributed by atoms with Gasteiger partial charge in [-0.1, -0.05) is 42.1 Å². The van der Waals surface area contributed by atoms with Gasteiger partial charge in [0.05, 0.1) is 0 Å². The summed E-state index contributed by atoms with van der Waals surface area (Å²) in [5.74, 6) is 6.92. The summed E-state index contributed by atoms with van der Waals surface area (Å²) >= 11 is 3.18. The summed E-state index contributed by atoms with van der Waals surface area (Å²) in [4.78, 5) is 8.66. The minimum atomic E-state index is 0.643. The molecule has 1 aromatic heterocycles. The van der Waals surface area contributed by atoms with E-state index in [0.29, 0.717) is 5.82 Å². The number of thioether (sulfide) groups is 2. The van der Waals surface area contributed by atoms with Gasteiger partial charge in [0.15, 0.2) is 5.16 Å². The van der Waals surface area contributed by atoms with Crippen LogP contribution in [0.3, 0.4) is 0 Å². The van der Waals surface area contributed by atoms with Crippen LogP contribution in [-0.4, -0.2) is 16.2 Å². The molecule has 0 fully saturated rings. The number of aromatic nitrogens is 2. The molecule has 0 saturated heterocycles. The van der Waals surface area contributed by atoms with Gasteiger partial charge >= 0.3 is 0 Å². The second-order valence-corrected chi connectivity index (χ2v) is 5.27. The minimum absolute atomic E-state index is 0.643. The molecule has 94 valence electrons. The first kappa shape index (κ1) is 13.2. The van der Waals surface area contributed by atoms with Crippen molar-refractivity contribution in [2.45, 2.75) is 15.9 Å². The summed E-state index contributed by atoms with van der Waals surface area (Å²) in [6.07, 6.45) is 1.95. The Morgan fingerprint density at radius 3 is 2.67 bits per heavy atom. The lowest BCUT2D eigenvalue weighted by atomic mass is 10.2. The van der Waals surface area contributed by atoms with Gasteiger partial charge in [0.2, 0.25) is 0 Å². The molecule has 1 heterocycles. The monoisotopic (exact) mass is 278 g/mol. The summed E-state index contributed by atoms with van der Waals surface area (Å²) in [5.41, 5.74) is 3.83. The number of nitrogens with zero attached hydrogens (tertiary/aromatic N) is 2. The van der Waals surface area contributed by atoms with Crippen LogP contribution in [0.5, 0.6) is 0 Å². The Kier molecular flexibility index (Phi) is 4.86. The Labute approximate surface area is 115 Å². The Hall–Kier alpha value is -1.24. The van der Waals surface area contributed by atoms with Crippen LogP contribution < -0.4 is 11.3 Å². The van der Waals surface area contributed by atoms with Crippen molar-refractivity contribution >= 4 is 29.3 Å². The van der Waals surface area contributed by atoms with E-state index in [1.54, 1.807) is 11.8 Å². The van der Waals surface area contributed by atoms with Crippen molar-refractivity contribution in [3.8, 4) is 0 Å². The maximum Gasteiger partial charge on any atom is 0.190 e. The first-order chi connectivity index (χ1) is 8.81. The highest BCUT2D eigenvalue weighted by molar-refractivity contribution is 7.99.